The highest BCUT2D eigenvalue weighted by molar-refractivity contribution is 6.12. The first-order valence-corrected chi connectivity index (χ1v) is 16.9. The predicted molar refractivity (Wildman–Crippen MR) is 189 cm³/mol. The van der Waals surface area contributed by atoms with Gasteiger partial charge in [0.05, 0.1) is 4.92 Å². The summed E-state index contributed by atoms with van der Waals surface area (Å²) in [6.45, 7) is 3.72. The number of anilines is 1. The molecule has 18 heteroatoms. The van der Waals surface area contributed by atoms with Gasteiger partial charge in [-0.3, -0.25) is 39.0 Å². The van der Waals surface area contributed by atoms with Crippen molar-refractivity contribution in [3.05, 3.63) is 76.4 Å². The lowest BCUT2D eigenvalue weighted by Crippen LogP contribution is -2.54. The molecule has 2 unspecified atom stereocenters. The topological polar surface area (TPSA) is 258 Å². The first kappa shape index (κ1) is 41.1. The van der Waals surface area contributed by atoms with Crippen LogP contribution < -0.4 is 31.7 Å². The SMILES string of the molecule is CC(C)C(NC(=O)CCCCCN1C(=O)C=CC1=O)C(=O)NC(CCCNC(N)=O)C(=O)Nc1ccc(COC(=O)Oc2ccc([N+](=O)[O-])cc2)cc1. The van der Waals surface area contributed by atoms with E-state index in [-0.39, 0.29) is 74.0 Å². The molecule has 0 saturated carbocycles. The van der Waals surface area contributed by atoms with Gasteiger partial charge in [-0.2, -0.15) is 0 Å². The number of carbonyl (C=O) groups excluding carboxylic acids is 7. The minimum Gasteiger partial charge on any atom is -0.429 e. The number of nitrogens with one attached hydrogen (secondary N) is 4. The molecule has 2 aromatic rings. The smallest absolute Gasteiger partial charge is 0.429 e. The average Bonchev–Trinajstić information content (AvgIpc) is 3.43. The maximum absolute atomic E-state index is 13.4. The van der Waals surface area contributed by atoms with Crippen molar-refractivity contribution in [3.63, 3.8) is 0 Å². The van der Waals surface area contributed by atoms with Crippen molar-refractivity contribution in [2.45, 2.75) is 71.1 Å². The Hall–Kier alpha value is -6.33. The van der Waals surface area contributed by atoms with Crippen LogP contribution in [0.3, 0.4) is 0 Å². The Morgan fingerprint density at radius 2 is 1.53 bits per heavy atom. The second-order valence-corrected chi connectivity index (χ2v) is 12.3. The number of urea groups is 1. The highest BCUT2D eigenvalue weighted by Crippen LogP contribution is 2.18. The fourth-order valence-electron chi connectivity index (χ4n) is 5.03. The zero-order valence-corrected chi connectivity index (χ0v) is 29.3. The maximum atomic E-state index is 13.4. The van der Waals surface area contributed by atoms with Gasteiger partial charge in [0, 0.05) is 49.5 Å². The molecule has 2 atom stereocenters. The highest BCUT2D eigenvalue weighted by Gasteiger charge is 2.29. The monoisotopic (exact) mass is 737 g/mol. The van der Waals surface area contributed by atoms with Crippen LogP contribution in [0.1, 0.15) is 57.9 Å². The molecule has 6 N–H and O–H groups in total. The molecule has 7 amide bonds. The van der Waals surface area contributed by atoms with Crippen molar-refractivity contribution in [2.24, 2.45) is 11.7 Å². The van der Waals surface area contributed by atoms with Gasteiger partial charge in [0.2, 0.25) is 17.7 Å². The lowest BCUT2D eigenvalue weighted by atomic mass is 10.0. The Bertz CT molecular complexity index is 1660. The summed E-state index contributed by atoms with van der Waals surface area (Å²) >= 11 is 0. The van der Waals surface area contributed by atoms with Gasteiger partial charge in [-0.1, -0.05) is 32.4 Å². The number of hydrogen-bond donors (Lipinski definition) is 5. The Morgan fingerprint density at radius 1 is 0.868 bits per heavy atom. The fourth-order valence-corrected chi connectivity index (χ4v) is 5.03. The van der Waals surface area contributed by atoms with Crippen LogP contribution in [0.5, 0.6) is 5.75 Å². The molecule has 1 heterocycles. The maximum Gasteiger partial charge on any atom is 0.514 e. The van der Waals surface area contributed by atoms with E-state index < -0.39 is 41.0 Å². The number of nitro groups is 1. The van der Waals surface area contributed by atoms with Crippen LogP contribution in [0.2, 0.25) is 0 Å². The van der Waals surface area contributed by atoms with E-state index in [2.05, 4.69) is 21.3 Å². The Labute approximate surface area is 304 Å². The van der Waals surface area contributed by atoms with E-state index in [1.165, 1.54) is 36.4 Å². The Kier molecular flexibility index (Phi) is 15.9. The first-order chi connectivity index (χ1) is 25.2. The molecule has 1 aliphatic rings. The number of hydrogen-bond acceptors (Lipinski definition) is 11. The van der Waals surface area contributed by atoms with Crippen LogP contribution >= 0.6 is 0 Å². The summed E-state index contributed by atoms with van der Waals surface area (Å²) in [5.74, 6) is -2.51. The molecule has 2 aromatic carbocycles. The second kappa shape index (κ2) is 20.5. The van der Waals surface area contributed by atoms with Gasteiger partial charge in [-0.05, 0) is 61.4 Å². The predicted octanol–water partition coefficient (Wildman–Crippen LogP) is 2.81. The number of amides is 7. The van der Waals surface area contributed by atoms with E-state index in [0.717, 1.165) is 4.90 Å². The van der Waals surface area contributed by atoms with E-state index in [4.69, 9.17) is 15.2 Å². The summed E-state index contributed by atoms with van der Waals surface area (Å²) in [6.07, 6.45) is 3.50. The summed E-state index contributed by atoms with van der Waals surface area (Å²) in [5, 5.41) is 21.4. The summed E-state index contributed by atoms with van der Waals surface area (Å²) in [6, 6.07) is 8.42. The van der Waals surface area contributed by atoms with Crippen molar-refractivity contribution < 1.29 is 48.0 Å². The van der Waals surface area contributed by atoms with Crippen LogP contribution in [-0.4, -0.2) is 76.7 Å². The van der Waals surface area contributed by atoms with E-state index in [1.807, 2.05) is 0 Å². The van der Waals surface area contributed by atoms with Crippen molar-refractivity contribution in [3.8, 4) is 5.75 Å². The van der Waals surface area contributed by atoms with Gasteiger partial charge in [0.15, 0.2) is 0 Å². The number of rotatable bonds is 20. The van der Waals surface area contributed by atoms with Crippen LogP contribution in [-0.2, 0) is 35.3 Å². The highest BCUT2D eigenvalue weighted by atomic mass is 16.7. The number of benzene rings is 2. The minimum absolute atomic E-state index is 0.0608. The van der Waals surface area contributed by atoms with Gasteiger partial charge in [0.25, 0.3) is 17.5 Å². The molecule has 0 radical (unpaired) electrons. The van der Waals surface area contributed by atoms with Crippen LogP contribution in [0.25, 0.3) is 0 Å². The van der Waals surface area contributed by atoms with Crippen molar-refractivity contribution >= 4 is 53.1 Å². The quantitative estimate of drug-likeness (QED) is 0.0330. The number of nitrogens with two attached hydrogens (primary N) is 1. The minimum atomic E-state index is -1.06. The fraction of sp³-hybridized carbons (Fsp3) is 0.400. The Balaban J connectivity index is 1.52. The third kappa shape index (κ3) is 14.1. The molecule has 0 spiro atoms. The van der Waals surface area contributed by atoms with Gasteiger partial charge >= 0.3 is 12.2 Å². The van der Waals surface area contributed by atoms with Crippen molar-refractivity contribution in [1.82, 2.24) is 20.9 Å². The van der Waals surface area contributed by atoms with Gasteiger partial charge in [-0.15, -0.1) is 0 Å². The van der Waals surface area contributed by atoms with Crippen molar-refractivity contribution in [2.75, 3.05) is 18.4 Å². The molecule has 53 heavy (non-hydrogen) atoms. The van der Waals surface area contributed by atoms with Crippen LogP contribution in [0, 0.1) is 16.0 Å². The van der Waals surface area contributed by atoms with E-state index in [9.17, 15) is 43.7 Å². The third-order valence-electron chi connectivity index (χ3n) is 7.88. The molecular weight excluding hydrogens is 694 g/mol. The summed E-state index contributed by atoms with van der Waals surface area (Å²) < 4.78 is 10.1. The number of nitro benzene ring substituents is 1. The van der Waals surface area contributed by atoms with Crippen LogP contribution in [0.4, 0.5) is 21.0 Å². The zero-order valence-electron chi connectivity index (χ0n) is 29.3. The van der Waals surface area contributed by atoms with E-state index in [1.54, 1.807) is 38.1 Å². The molecule has 0 aliphatic carbocycles. The first-order valence-electron chi connectivity index (χ1n) is 16.9. The van der Waals surface area contributed by atoms with Gasteiger partial charge < -0.3 is 36.5 Å². The second-order valence-electron chi connectivity index (χ2n) is 12.3. The standard InChI is InChI=1S/C35H43N7O11/c1-22(2)31(40-28(43)8-4-3-5-20-41-29(44)17-18-30(41)45)33(47)39-27(7-6-19-37-34(36)48)32(46)38-24-11-9-23(10-12-24)21-52-35(49)53-26-15-13-25(14-16-26)42(50)51/h9-18,22,27,31H,3-8,19-21H2,1-2H3,(H,38,46)(H,39,47)(H,40,43)(H3,36,37,48). The molecule has 18 nitrogen and oxygen atoms in total. The van der Waals surface area contributed by atoms with E-state index in [0.29, 0.717) is 30.5 Å². The molecule has 1 aliphatic heterocycles. The number of primary amides is 1. The normalized spacial score (nSPS) is 13.2. The largest absolute Gasteiger partial charge is 0.514 e. The molecule has 0 bridgehead atoms. The number of unbranched alkanes of at least 4 members (excludes halogenated alkanes) is 2. The molecular formula is C35H43N7O11. The molecule has 0 aromatic heterocycles. The van der Waals surface area contributed by atoms with E-state index >= 15 is 0 Å². The number of nitrogens with zero attached hydrogens (tertiary/aromatic N) is 2. The lowest BCUT2D eigenvalue weighted by Gasteiger charge is -2.25. The lowest BCUT2D eigenvalue weighted by molar-refractivity contribution is -0.384. The summed E-state index contributed by atoms with van der Waals surface area (Å²) in [5.41, 5.74) is 5.89. The molecule has 3 rings (SSSR count). The zero-order chi connectivity index (χ0) is 38.9. The molecule has 284 valence electrons. The number of ether oxygens (including phenoxy) is 2. The number of non-ortho nitro benzene ring substituents is 1. The van der Waals surface area contributed by atoms with Crippen molar-refractivity contribution in [1.29, 1.82) is 0 Å². The Morgan fingerprint density at radius 3 is 2.13 bits per heavy atom. The number of imide groups is 1. The average molecular weight is 738 g/mol. The van der Waals surface area contributed by atoms with Gasteiger partial charge in [0.1, 0.15) is 24.4 Å². The molecule has 0 saturated heterocycles. The van der Waals surface area contributed by atoms with Crippen LogP contribution in [0.15, 0.2) is 60.7 Å². The number of carbonyl (C=O) groups is 7. The summed E-state index contributed by atoms with van der Waals surface area (Å²) in [7, 11) is 0. The van der Waals surface area contributed by atoms with Gasteiger partial charge in [-0.25, -0.2) is 9.59 Å². The summed E-state index contributed by atoms with van der Waals surface area (Å²) in [4.78, 5) is 97.3. The molecule has 0 fully saturated rings. The third-order valence-corrected chi connectivity index (χ3v) is 7.88.